The molecule has 5 nitrogen and oxygen atoms in total. The molecule has 2 rings (SSSR count). The Morgan fingerprint density at radius 3 is 2.42 bits per heavy atom. The third-order valence-electron chi connectivity index (χ3n) is 3.22. The van der Waals surface area contributed by atoms with E-state index in [4.69, 9.17) is 4.74 Å². The second kappa shape index (κ2) is 5.78. The fraction of sp³-hybridized carbons (Fsp3) is 0.500. The number of rotatable bonds is 3. The van der Waals surface area contributed by atoms with E-state index in [-0.39, 0.29) is 4.90 Å². The van der Waals surface area contributed by atoms with Crippen LogP contribution in [0.3, 0.4) is 0 Å². The van der Waals surface area contributed by atoms with Crippen molar-refractivity contribution in [2.45, 2.75) is 4.90 Å². The highest BCUT2D eigenvalue weighted by atomic mass is 79.9. The second-order valence-corrected chi connectivity index (χ2v) is 7.30. The van der Waals surface area contributed by atoms with Crippen molar-refractivity contribution in [1.82, 2.24) is 9.21 Å². The molecule has 19 heavy (non-hydrogen) atoms. The molecular formula is C12H17BrN2O3S. The van der Waals surface area contributed by atoms with Gasteiger partial charge in [0.05, 0.1) is 16.5 Å². The molecule has 0 bridgehead atoms. The average Bonchev–Trinajstić information content (AvgIpc) is 2.39. The molecule has 1 aromatic rings. The van der Waals surface area contributed by atoms with Gasteiger partial charge in [-0.15, -0.1) is 0 Å². The molecule has 0 atom stereocenters. The summed E-state index contributed by atoms with van der Waals surface area (Å²) in [6.45, 7) is 2.56. The molecule has 1 saturated heterocycles. The van der Waals surface area contributed by atoms with Crippen LogP contribution in [0.15, 0.2) is 27.6 Å². The molecule has 7 heteroatoms. The molecule has 0 amide bonds. The molecule has 1 aliphatic rings. The molecule has 106 valence electrons. The van der Waals surface area contributed by atoms with Crippen molar-refractivity contribution in [1.29, 1.82) is 0 Å². The van der Waals surface area contributed by atoms with Crippen molar-refractivity contribution in [2.24, 2.45) is 0 Å². The van der Waals surface area contributed by atoms with Gasteiger partial charge < -0.3 is 9.64 Å². The summed E-state index contributed by atoms with van der Waals surface area (Å²) < 4.78 is 32.4. The molecule has 0 N–H and O–H groups in total. The number of hydrogen-bond acceptors (Lipinski definition) is 4. The Balaban J connectivity index is 2.29. The van der Waals surface area contributed by atoms with Crippen molar-refractivity contribution in [2.75, 3.05) is 40.3 Å². The molecular weight excluding hydrogens is 332 g/mol. The number of methoxy groups -OCH3 is 1. The van der Waals surface area contributed by atoms with Crippen molar-refractivity contribution >= 4 is 26.0 Å². The summed E-state index contributed by atoms with van der Waals surface area (Å²) in [5, 5.41) is 0. The van der Waals surface area contributed by atoms with Gasteiger partial charge in [0.25, 0.3) is 0 Å². The molecule has 1 fully saturated rings. The number of benzene rings is 1. The average molecular weight is 349 g/mol. The first-order valence-electron chi connectivity index (χ1n) is 5.97. The van der Waals surface area contributed by atoms with Gasteiger partial charge in [0.1, 0.15) is 5.75 Å². The standard InChI is InChI=1S/C12H17BrN2O3S/c1-14-5-7-15(8-6-14)19(16,17)10-3-4-11(13)12(9-10)18-2/h3-4,9H,5-8H2,1-2H3. The Morgan fingerprint density at radius 2 is 1.84 bits per heavy atom. The third kappa shape index (κ3) is 3.10. The fourth-order valence-electron chi connectivity index (χ4n) is 1.98. The van der Waals surface area contributed by atoms with E-state index in [1.54, 1.807) is 18.2 Å². The number of halogens is 1. The van der Waals surface area contributed by atoms with Gasteiger partial charge in [-0.3, -0.25) is 0 Å². The predicted octanol–water partition coefficient (Wildman–Crippen LogP) is 1.39. The lowest BCUT2D eigenvalue weighted by atomic mass is 10.3. The fourth-order valence-corrected chi connectivity index (χ4v) is 3.82. The van der Waals surface area contributed by atoms with Crippen LogP contribution < -0.4 is 4.74 Å². The highest BCUT2D eigenvalue weighted by Crippen LogP contribution is 2.29. The van der Waals surface area contributed by atoms with Crippen molar-refractivity contribution in [3.05, 3.63) is 22.7 Å². The monoisotopic (exact) mass is 348 g/mol. The Labute approximate surface area is 122 Å². The number of hydrogen-bond donors (Lipinski definition) is 0. The Hall–Kier alpha value is -0.630. The van der Waals surface area contributed by atoms with Gasteiger partial charge in [0, 0.05) is 32.2 Å². The Kier molecular flexibility index (Phi) is 4.50. The topological polar surface area (TPSA) is 49.9 Å². The molecule has 1 heterocycles. The minimum Gasteiger partial charge on any atom is -0.496 e. The molecule has 0 saturated carbocycles. The third-order valence-corrected chi connectivity index (χ3v) is 5.77. The minimum atomic E-state index is -3.43. The summed E-state index contributed by atoms with van der Waals surface area (Å²) >= 11 is 3.32. The first-order chi connectivity index (χ1) is 8.95. The normalized spacial score (nSPS) is 18.5. The van der Waals surface area contributed by atoms with E-state index in [1.807, 2.05) is 7.05 Å². The zero-order valence-corrected chi connectivity index (χ0v) is 13.4. The van der Waals surface area contributed by atoms with Crippen molar-refractivity contribution in [3.8, 4) is 5.75 Å². The van der Waals surface area contributed by atoms with Crippen LogP contribution in [-0.2, 0) is 10.0 Å². The minimum absolute atomic E-state index is 0.275. The van der Waals surface area contributed by atoms with Crippen LogP contribution in [0.25, 0.3) is 0 Å². The van der Waals surface area contributed by atoms with E-state index in [0.717, 1.165) is 17.6 Å². The SMILES string of the molecule is COc1cc(S(=O)(=O)N2CCN(C)CC2)ccc1Br. The summed E-state index contributed by atoms with van der Waals surface area (Å²) in [7, 11) is 0.0839. The van der Waals surface area contributed by atoms with E-state index >= 15 is 0 Å². The van der Waals surface area contributed by atoms with Crippen LogP contribution in [0.4, 0.5) is 0 Å². The Morgan fingerprint density at radius 1 is 1.21 bits per heavy atom. The number of likely N-dealkylation sites (N-methyl/N-ethyl adjacent to an activating group) is 1. The van der Waals surface area contributed by atoms with Crippen LogP contribution in [0.1, 0.15) is 0 Å². The first-order valence-corrected chi connectivity index (χ1v) is 8.20. The number of nitrogens with zero attached hydrogens (tertiary/aromatic N) is 2. The summed E-state index contributed by atoms with van der Waals surface area (Å²) in [4.78, 5) is 2.39. The van der Waals surface area contributed by atoms with Gasteiger partial charge in [0.15, 0.2) is 0 Å². The van der Waals surface area contributed by atoms with Crippen LogP contribution >= 0.6 is 15.9 Å². The van der Waals surface area contributed by atoms with Crippen LogP contribution in [0.2, 0.25) is 0 Å². The maximum atomic E-state index is 12.5. The molecule has 0 unspecified atom stereocenters. The summed E-state index contributed by atoms with van der Waals surface area (Å²) in [5.74, 6) is 0.523. The number of ether oxygens (including phenoxy) is 1. The molecule has 1 aromatic carbocycles. The van der Waals surface area contributed by atoms with Crippen molar-refractivity contribution < 1.29 is 13.2 Å². The quantitative estimate of drug-likeness (QED) is 0.828. The van der Waals surface area contributed by atoms with Crippen LogP contribution in [0.5, 0.6) is 5.75 Å². The highest BCUT2D eigenvalue weighted by molar-refractivity contribution is 9.10. The van der Waals surface area contributed by atoms with Gasteiger partial charge in [-0.2, -0.15) is 4.31 Å². The largest absolute Gasteiger partial charge is 0.496 e. The molecule has 0 aliphatic carbocycles. The first kappa shape index (κ1) is 14.8. The maximum Gasteiger partial charge on any atom is 0.243 e. The van der Waals surface area contributed by atoms with Crippen molar-refractivity contribution in [3.63, 3.8) is 0 Å². The van der Waals surface area contributed by atoms with Crippen LogP contribution in [-0.4, -0.2) is 58.0 Å². The summed E-state index contributed by atoms with van der Waals surface area (Å²) in [6.07, 6.45) is 0. The lowest BCUT2D eigenvalue weighted by Gasteiger charge is -2.31. The molecule has 0 radical (unpaired) electrons. The lowest BCUT2D eigenvalue weighted by Crippen LogP contribution is -2.47. The molecule has 1 aliphatic heterocycles. The van der Waals surface area contributed by atoms with Crippen LogP contribution in [0, 0.1) is 0 Å². The highest BCUT2D eigenvalue weighted by Gasteiger charge is 2.27. The van der Waals surface area contributed by atoms with Gasteiger partial charge in [-0.05, 0) is 35.1 Å². The smallest absolute Gasteiger partial charge is 0.243 e. The van der Waals surface area contributed by atoms with E-state index in [0.29, 0.717) is 18.8 Å². The maximum absolute atomic E-state index is 12.5. The van der Waals surface area contributed by atoms with Gasteiger partial charge >= 0.3 is 0 Å². The van der Waals surface area contributed by atoms with Gasteiger partial charge in [-0.25, -0.2) is 8.42 Å². The number of piperazine rings is 1. The zero-order chi connectivity index (χ0) is 14.0. The number of sulfonamides is 1. The van der Waals surface area contributed by atoms with E-state index in [9.17, 15) is 8.42 Å². The molecule has 0 spiro atoms. The molecule has 0 aromatic heterocycles. The van der Waals surface area contributed by atoms with Gasteiger partial charge in [-0.1, -0.05) is 0 Å². The zero-order valence-electron chi connectivity index (χ0n) is 11.0. The summed E-state index contributed by atoms with van der Waals surface area (Å²) in [5.41, 5.74) is 0. The van der Waals surface area contributed by atoms with E-state index < -0.39 is 10.0 Å². The lowest BCUT2D eigenvalue weighted by molar-refractivity contribution is 0.222. The second-order valence-electron chi connectivity index (χ2n) is 4.50. The Bertz CT molecular complexity index is 554. The van der Waals surface area contributed by atoms with E-state index in [1.165, 1.54) is 11.4 Å². The van der Waals surface area contributed by atoms with Gasteiger partial charge in [0.2, 0.25) is 10.0 Å². The predicted molar refractivity (Wildman–Crippen MR) is 76.9 cm³/mol. The van der Waals surface area contributed by atoms with E-state index in [2.05, 4.69) is 20.8 Å². The summed E-state index contributed by atoms with van der Waals surface area (Å²) in [6, 6.07) is 4.85.